The molecule has 5 rings (SSSR count). The van der Waals surface area contributed by atoms with Crippen LogP contribution in [0.25, 0.3) is 11.3 Å². The molecule has 40 heavy (non-hydrogen) atoms. The summed E-state index contributed by atoms with van der Waals surface area (Å²) >= 11 is 0. The second-order valence-electron chi connectivity index (χ2n) is 12.1. The Balaban J connectivity index is 1.39. The monoisotopic (exact) mass is 548 g/mol. The van der Waals surface area contributed by atoms with Crippen LogP contribution in [0.5, 0.6) is 5.75 Å². The van der Waals surface area contributed by atoms with Crippen LogP contribution in [0.3, 0.4) is 0 Å². The van der Waals surface area contributed by atoms with Crippen molar-refractivity contribution in [3.8, 4) is 17.0 Å². The lowest BCUT2D eigenvalue weighted by Crippen LogP contribution is -2.42. The number of hydrogen-bond acceptors (Lipinski definition) is 5. The number of anilines is 1. The number of benzene rings is 2. The number of likely N-dealkylation sites (tertiary alicyclic amines) is 1. The molecule has 2 aliphatic heterocycles. The average molecular weight is 549 g/mol. The van der Waals surface area contributed by atoms with Gasteiger partial charge in [-0.05, 0) is 94.2 Å². The molecular formula is C32H41FN4O3. The van der Waals surface area contributed by atoms with Gasteiger partial charge in [0.25, 0.3) is 0 Å². The molecule has 0 atom stereocenters. The second kappa shape index (κ2) is 11.5. The number of fused-ring (bicyclic) bond motifs is 1. The first kappa shape index (κ1) is 28.0. The van der Waals surface area contributed by atoms with Gasteiger partial charge in [-0.3, -0.25) is 4.68 Å². The molecule has 0 N–H and O–H groups in total. The molecule has 0 saturated carbocycles. The van der Waals surface area contributed by atoms with E-state index in [0.717, 1.165) is 72.5 Å². The molecule has 0 bridgehead atoms. The van der Waals surface area contributed by atoms with Gasteiger partial charge < -0.3 is 19.3 Å². The number of piperidine rings is 1. The van der Waals surface area contributed by atoms with E-state index in [4.69, 9.17) is 14.6 Å². The summed E-state index contributed by atoms with van der Waals surface area (Å²) in [5, 5.41) is 4.94. The number of nitrogens with zero attached hydrogens (tertiary/aromatic N) is 4. The van der Waals surface area contributed by atoms with Crippen LogP contribution in [-0.2, 0) is 24.1 Å². The Morgan fingerprint density at radius 1 is 1.07 bits per heavy atom. The van der Waals surface area contributed by atoms with Gasteiger partial charge in [0, 0.05) is 49.7 Å². The fraction of sp³-hybridized carbons (Fsp3) is 0.500. The Hall–Kier alpha value is -3.55. The van der Waals surface area contributed by atoms with Crippen LogP contribution >= 0.6 is 0 Å². The summed E-state index contributed by atoms with van der Waals surface area (Å²) in [6.07, 6.45) is 6.05. The molecule has 0 aliphatic carbocycles. The van der Waals surface area contributed by atoms with Crippen molar-refractivity contribution in [1.29, 1.82) is 0 Å². The largest absolute Gasteiger partial charge is 0.497 e. The van der Waals surface area contributed by atoms with Gasteiger partial charge in [0.05, 0.1) is 19.3 Å². The van der Waals surface area contributed by atoms with E-state index in [1.807, 2.05) is 68.9 Å². The smallest absolute Gasteiger partial charge is 0.410 e. The Morgan fingerprint density at radius 2 is 1.80 bits per heavy atom. The molecule has 0 unspecified atom stereocenters. The van der Waals surface area contributed by atoms with Crippen molar-refractivity contribution < 1.29 is 18.7 Å². The maximum Gasteiger partial charge on any atom is 0.410 e. The molecule has 2 aromatic carbocycles. The summed E-state index contributed by atoms with van der Waals surface area (Å²) < 4.78 is 28.8. The zero-order valence-electron chi connectivity index (χ0n) is 24.4. The maximum atomic E-state index is 16.0. The third-order valence-electron chi connectivity index (χ3n) is 7.92. The number of carbonyl (C=O) groups excluding carboxylic acids is 1. The fourth-order valence-corrected chi connectivity index (χ4v) is 5.80. The van der Waals surface area contributed by atoms with Crippen molar-refractivity contribution in [3.63, 3.8) is 0 Å². The highest BCUT2D eigenvalue weighted by Gasteiger charge is 2.29. The Kier molecular flexibility index (Phi) is 8.06. The van der Waals surface area contributed by atoms with Crippen molar-refractivity contribution in [2.75, 3.05) is 38.7 Å². The van der Waals surface area contributed by atoms with E-state index in [-0.39, 0.29) is 11.9 Å². The normalized spacial score (nSPS) is 16.1. The molecule has 8 heteroatoms. The summed E-state index contributed by atoms with van der Waals surface area (Å²) in [5.41, 5.74) is 4.69. The lowest BCUT2D eigenvalue weighted by atomic mass is 9.89. The highest BCUT2D eigenvalue weighted by molar-refractivity contribution is 5.70. The third-order valence-corrected chi connectivity index (χ3v) is 7.92. The maximum absolute atomic E-state index is 16.0. The lowest BCUT2D eigenvalue weighted by molar-refractivity contribution is 0.0184. The highest BCUT2D eigenvalue weighted by Crippen LogP contribution is 2.36. The first-order chi connectivity index (χ1) is 19.1. The van der Waals surface area contributed by atoms with E-state index >= 15 is 4.39 Å². The number of amides is 1. The zero-order chi connectivity index (χ0) is 28.4. The molecule has 1 aromatic heterocycles. The number of hydrogen-bond donors (Lipinski definition) is 0. The van der Waals surface area contributed by atoms with Crippen LogP contribution < -0.4 is 9.64 Å². The predicted molar refractivity (Wildman–Crippen MR) is 156 cm³/mol. The molecule has 1 amide bonds. The van der Waals surface area contributed by atoms with E-state index in [2.05, 4.69) is 11.1 Å². The van der Waals surface area contributed by atoms with Gasteiger partial charge in [0.1, 0.15) is 17.2 Å². The second-order valence-corrected chi connectivity index (χ2v) is 12.1. The van der Waals surface area contributed by atoms with E-state index in [0.29, 0.717) is 31.1 Å². The van der Waals surface area contributed by atoms with Crippen molar-refractivity contribution >= 4 is 11.8 Å². The molecule has 1 fully saturated rings. The molecular weight excluding hydrogens is 507 g/mol. The third kappa shape index (κ3) is 6.26. The van der Waals surface area contributed by atoms with E-state index in [1.54, 1.807) is 12.0 Å². The van der Waals surface area contributed by atoms with Gasteiger partial charge in [-0.15, -0.1) is 0 Å². The van der Waals surface area contributed by atoms with Crippen molar-refractivity contribution in [3.05, 3.63) is 65.1 Å². The molecule has 3 heterocycles. The molecule has 3 aromatic rings. The molecule has 2 aliphatic rings. The fourth-order valence-electron chi connectivity index (χ4n) is 5.80. The molecule has 214 valence electrons. The van der Waals surface area contributed by atoms with Gasteiger partial charge in [-0.25, -0.2) is 9.18 Å². The topological polar surface area (TPSA) is 59.8 Å². The lowest BCUT2D eigenvalue weighted by Gasteiger charge is -2.33. The van der Waals surface area contributed by atoms with E-state index in [9.17, 15) is 4.79 Å². The average Bonchev–Trinajstić information content (AvgIpc) is 3.30. The number of carbonyl (C=O) groups is 1. The van der Waals surface area contributed by atoms with Crippen LogP contribution in [0.15, 0.2) is 42.6 Å². The van der Waals surface area contributed by atoms with Crippen molar-refractivity contribution in [2.24, 2.45) is 5.92 Å². The van der Waals surface area contributed by atoms with Crippen LogP contribution in [0.1, 0.15) is 56.7 Å². The summed E-state index contributed by atoms with van der Waals surface area (Å²) in [5.74, 6) is 1.03. The number of halogens is 1. The standard InChI is InChI=1S/C32H41FN4O3/c1-32(2,3)40-31(38)36-17-14-22(15-18-36)19-24-21-37(20-23-8-10-25(39-5)11-9-23)34-30(24)27-12-13-28-26(29(27)33)7-6-16-35(28)4/h8-13,21-22H,6-7,14-20H2,1-5H3. The molecule has 7 nitrogen and oxygen atoms in total. The first-order valence-electron chi connectivity index (χ1n) is 14.3. The van der Waals surface area contributed by atoms with Crippen LogP contribution in [0, 0.1) is 11.7 Å². The Bertz CT molecular complexity index is 1340. The quantitative estimate of drug-likeness (QED) is 0.361. The molecule has 0 radical (unpaired) electrons. The minimum Gasteiger partial charge on any atom is -0.497 e. The summed E-state index contributed by atoms with van der Waals surface area (Å²) in [6, 6.07) is 11.9. The van der Waals surface area contributed by atoms with Crippen molar-refractivity contribution in [1.82, 2.24) is 14.7 Å². The van der Waals surface area contributed by atoms with Crippen molar-refractivity contribution in [2.45, 2.75) is 65.0 Å². The van der Waals surface area contributed by atoms with Crippen LogP contribution in [0.4, 0.5) is 14.9 Å². The predicted octanol–water partition coefficient (Wildman–Crippen LogP) is 6.32. The summed E-state index contributed by atoms with van der Waals surface area (Å²) in [6.45, 7) is 8.52. The summed E-state index contributed by atoms with van der Waals surface area (Å²) in [4.78, 5) is 16.5. The van der Waals surface area contributed by atoms with Gasteiger partial charge in [-0.1, -0.05) is 12.1 Å². The van der Waals surface area contributed by atoms with Crippen LogP contribution in [0.2, 0.25) is 0 Å². The SMILES string of the molecule is COc1ccc(Cn2cc(CC3CCN(C(=O)OC(C)(C)C)CC3)c(-c3ccc4c(c3F)CCCN4C)n2)cc1. The van der Waals surface area contributed by atoms with Gasteiger partial charge in [0.2, 0.25) is 0 Å². The number of aromatic nitrogens is 2. The minimum absolute atomic E-state index is 0.153. The van der Waals surface area contributed by atoms with Crippen LogP contribution in [-0.4, -0.2) is 60.2 Å². The van der Waals surface area contributed by atoms with E-state index < -0.39 is 5.60 Å². The Labute approximate surface area is 236 Å². The summed E-state index contributed by atoms with van der Waals surface area (Å²) in [7, 11) is 3.68. The minimum atomic E-state index is -0.505. The highest BCUT2D eigenvalue weighted by atomic mass is 19.1. The number of ether oxygens (including phenoxy) is 2. The molecule has 1 saturated heterocycles. The van der Waals surface area contributed by atoms with Gasteiger partial charge >= 0.3 is 6.09 Å². The van der Waals surface area contributed by atoms with Gasteiger partial charge in [0.15, 0.2) is 0 Å². The zero-order valence-corrected chi connectivity index (χ0v) is 24.4. The Morgan fingerprint density at radius 3 is 2.48 bits per heavy atom. The van der Waals surface area contributed by atoms with E-state index in [1.165, 1.54) is 0 Å². The number of rotatable bonds is 6. The van der Waals surface area contributed by atoms with Gasteiger partial charge in [-0.2, -0.15) is 5.10 Å². The first-order valence-corrected chi connectivity index (χ1v) is 14.3. The number of methoxy groups -OCH3 is 1. The molecule has 0 spiro atoms.